The van der Waals surface area contributed by atoms with Gasteiger partial charge in [0.15, 0.2) is 0 Å². The fourth-order valence-electron chi connectivity index (χ4n) is 3.78. The van der Waals surface area contributed by atoms with Crippen molar-refractivity contribution in [2.75, 3.05) is 6.54 Å². The third-order valence-electron chi connectivity index (χ3n) is 5.32. The zero-order valence-electron chi connectivity index (χ0n) is 16.3. The van der Waals surface area contributed by atoms with E-state index in [2.05, 4.69) is 20.0 Å². The van der Waals surface area contributed by atoms with Gasteiger partial charge in [0.05, 0.1) is 18.6 Å². The van der Waals surface area contributed by atoms with E-state index in [1.165, 1.54) is 18.9 Å². The van der Waals surface area contributed by atoms with Crippen LogP contribution in [0.3, 0.4) is 0 Å². The molecule has 0 heterocycles. The predicted molar refractivity (Wildman–Crippen MR) is 103 cm³/mol. The van der Waals surface area contributed by atoms with Crippen LogP contribution in [0.1, 0.15) is 77.0 Å². The topological polar surface area (TPSA) is 118 Å². The molecule has 0 N–H and O–H groups in total. The van der Waals surface area contributed by atoms with Crippen molar-refractivity contribution in [1.82, 2.24) is 0 Å². The maximum Gasteiger partial charge on any atom is 0.235 e. The van der Waals surface area contributed by atoms with Gasteiger partial charge < -0.3 is 0 Å². The van der Waals surface area contributed by atoms with Gasteiger partial charge in [-0.25, -0.2) is 29.2 Å². The van der Waals surface area contributed by atoms with E-state index < -0.39 is 11.6 Å². The number of carbonyl (C=O) groups excluding carboxylic acids is 4. The highest BCUT2D eigenvalue weighted by atomic mass is 16.1. The second kappa shape index (κ2) is 14.6. The highest BCUT2D eigenvalue weighted by Gasteiger charge is 2.50. The minimum absolute atomic E-state index is 0.218. The molecule has 0 aromatic heterocycles. The Hall–Kier alpha value is -2.48. The maximum absolute atomic E-state index is 10.8. The summed E-state index contributed by atoms with van der Waals surface area (Å²) in [6.45, 7) is 0.575. The molecule has 1 aliphatic rings. The van der Waals surface area contributed by atoms with Gasteiger partial charge in [0.2, 0.25) is 24.3 Å². The zero-order chi connectivity index (χ0) is 20.5. The van der Waals surface area contributed by atoms with Gasteiger partial charge in [0, 0.05) is 0 Å². The van der Waals surface area contributed by atoms with Gasteiger partial charge in [0.1, 0.15) is 5.54 Å². The monoisotopic (exact) mass is 388 g/mol. The molecule has 1 saturated carbocycles. The first-order valence-corrected chi connectivity index (χ1v) is 9.99. The van der Waals surface area contributed by atoms with Crippen LogP contribution in [0.4, 0.5) is 0 Å². The molecule has 152 valence electrons. The van der Waals surface area contributed by atoms with Crippen LogP contribution >= 0.6 is 0 Å². The van der Waals surface area contributed by atoms with Gasteiger partial charge >= 0.3 is 0 Å². The Kier molecular flexibility index (Phi) is 12.3. The molecule has 8 nitrogen and oxygen atoms in total. The number of unbranched alkanes of at least 4 members (excludes halogenated alkanes) is 8. The second-order valence-corrected chi connectivity index (χ2v) is 7.27. The normalized spacial score (nSPS) is 21.1. The second-order valence-electron chi connectivity index (χ2n) is 7.27. The number of hydrogen-bond donors (Lipinski definition) is 0. The zero-order valence-corrected chi connectivity index (χ0v) is 16.3. The van der Waals surface area contributed by atoms with Gasteiger partial charge in [-0.1, -0.05) is 51.4 Å². The van der Waals surface area contributed by atoms with E-state index in [0.29, 0.717) is 25.8 Å². The third-order valence-corrected chi connectivity index (χ3v) is 5.32. The molecule has 1 rings (SSSR count). The van der Waals surface area contributed by atoms with Crippen LogP contribution in [0.25, 0.3) is 0 Å². The molecule has 0 amide bonds. The minimum atomic E-state index is -0.780. The molecule has 0 aromatic carbocycles. The fraction of sp³-hybridized carbons (Fsp3) is 0.800. The SMILES string of the molecule is O=C=NCCCCCCCCCCCC(N=C=O)C1(N=C=O)CC(N=C=O)C1. The van der Waals surface area contributed by atoms with E-state index in [-0.39, 0.29) is 6.04 Å². The number of nitrogens with zero attached hydrogens (tertiary/aromatic N) is 4. The molecular formula is C20H28N4O4. The van der Waals surface area contributed by atoms with Crippen molar-refractivity contribution in [2.45, 2.75) is 94.7 Å². The largest absolute Gasteiger partial charge is 0.235 e. The van der Waals surface area contributed by atoms with Crippen LogP contribution in [0.2, 0.25) is 0 Å². The molecule has 1 aliphatic carbocycles. The van der Waals surface area contributed by atoms with Gasteiger partial charge in [-0.15, -0.1) is 0 Å². The van der Waals surface area contributed by atoms with Crippen LogP contribution in [0.5, 0.6) is 0 Å². The van der Waals surface area contributed by atoms with Crippen LogP contribution in [0.15, 0.2) is 20.0 Å². The molecular weight excluding hydrogens is 360 g/mol. The first kappa shape index (κ1) is 23.6. The molecule has 8 heteroatoms. The maximum atomic E-state index is 10.8. The van der Waals surface area contributed by atoms with E-state index in [1.807, 2.05) is 0 Å². The Morgan fingerprint density at radius 1 is 0.750 bits per heavy atom. The van der Waals surface area contributed by atoms with Crippen LogP contribution in [-0.2, 0) is 19.2 Å². The Bertz CT molecular complexity index is 649. The molecule has 0 radical (unpaired) electrons. The van der Waals surface area contributed by atoms with Gasteiger partial charge in [0.25, 0.3) is 0 Å². The Balaban J connectivity index is 2.23. The summed E-state index contributed by atoms with van der Waals surface area (Å²) in [5, 5.41) is 0. The third kappa shape index (κ3) is 8.47. The van der Waals surface area contributed by atoms with E-state index >= 15 is 0 Å². The summed E-state index contributed by atoms with van der Waals surface area (Å²) in [4.78, 5) is 56.8. The standard InChI is InChI=1S/C20H28N4O4/c25-14-21-11-9-7-5-3-1-2-4-6-8-10-19(23-16-27)20(24-17-28)12-18(13-20)22-15-26/h18-19H,1-13H2. The van der Waals surface area contributed by atoms with Crippen LogP contribution in [0, 0.1) is 0 Å². The van der Waals surface area contributed by atoms with Crippen molar-refractivity contribution in [2.24, 2.45) is 20.0 Å². The average Bonchev–Trinajstić information content (AvgIpc) is 2.66. The van der Waals surface area contributed by atoms with Crippen molar-refractivity contribution in [3.63, 3.8) is 0 Å². The first-order valence-electron chi connectivity index (χ1n) is 9.99. The summed E-state index contributed by atoms with van der Waals surface area (Å²) >= 11 is 0. The lowest BCUT2D eigenvalue weighted by atomic mass is 9.67. The van der Waals surface area contributed by atoms with Crippen LogP contribution in [-0.4, -0.2) is 48.5 Å². The summed E-state index contributed by atoms with van der Waals surface area (Å²) in [5.74, 6) is 0. The van der Waals surface area contributed by atoms with Crippen molar-refractivity contribution >= 4 is 24.3 Å². The summed E-state index contributed by atoms with van der Waals surface area (Å²) in [6, 6.07) is -0.636. The van der Waals surface area contributed by atoms with Gasteiger partial charge in [-0.05, 0) is 25.7 Å². The fourth-order valence-corrected chi connectivity index (χ4v) is 3.78. The Morgan fingerprint density at radius 3 is 1.89 bits per heavy atom. The molecule has 0 aliphatic heterocycles. The molecule has 0 saturated heterocycles. The molecule has 0 bridgehead atoms. The van der Waals surface area contributed by atoms with Crippen LogP contribution < -0.4 is 0 Å². The highest BCUT2D eigenvalue weighted by Crippen LogP contribution is 2.43. The molecule has 1 fully saturated rings. The Labute approximate surface area is 165 Å². The number of aliphatic imine (C=N–C) groups is 4. The van der Waals surface area contributed by atoms with Crippen molar-refractivity contribution in [3.05, 3.63) is 0 Å². The van der Waals surface area contributed by atoms with E-state index in [0.717, 1.165) is 44.9 Å². The number of hydrogen-bond acceptors (Lipinski definition) is 8. The van der Waals surface area contributed by atoms with E-state index in [4.69, 9.17) is 0 Å². The average molecular weight is 388 g/mol. The molecule has 0 spiro atoms. The molecule has 0 aromatic rings. The number of rotatable bonds is 16. The minimum Gasteiger partial charge on any atom is -0.211 e. The lowest BCUT2D eigenvalue weighted by Crippen LogP contribution is -2.52. The Morgan fingerprint density at radius 2 is 1.36 bits per heavy atom. The lowest BCUT2D eigenvalue weighted by Gasteiger charge is -2.44. The van der Waals surface area contributed by atoms with Gasteiger partial charge in [-0.3, -0.25) is 0 Å². The summed E-state index contributed by atoms with van der Waals surface area (Å²) in [7, 11) is 0. The smallest absolute Gasteiger partial charge is 0.211 e. The molecule has 1 unspecified atom stereocenters. The molecule has 1 atom stereocenters. The van der Waals surface area contributed by atoms with E-state index in [9.17, 15) is 19.2 Å². The predicted octanol–water partition coefficient (Wildman–Crippen LogP) is 3.50. The molecule has 28 heavy (non-hydrogen) atoms. The van der Waals surface area contributed by atoms with Gasteiger partial charge in [-0.2, -0.15) is 9.98 Å². The van der Waals surface area contributed by atoms with Crippen molar-refractivity contribution in [1.29, 1.82) is 0 Å². The first-order chi connectivity index (χ1) is 13.7. The van der Waals surface area contributed by atoms with E-state index in [1.54, 1.807) is 18.2 Å². The summed E-state index contributed by atoms with van der Waals surface area (Å²) in [6.07, 6.45) is 17.4. The summed E-state index contributed by atoms with van der Waals surface area (Å²) in [5.41, 5.74) is -0.780. The lowest BCUT2D eigenvalue weighted by molar-refractivity contribution is 0.167. The highest BCUT2D eigenvalue weighted by molar-refractivity contribution is 5.40. The number of isocyanates is 4. The quantitative estimate of drug-likeness (QED) is 0.228. The van der Waals surface area contributed by atoms with Crippen molar-refractivity contribution in [3.8, 4) is 0 Å². The summed E-state index contributed by atoms with van der Waals surface area (Å²) < 4.78 is 0. The van der Waals surface area contributed by atoms with Crippen molar-refractivity contribution < 1.29 is 19.2 Å².